The van der Waals surface area contributed by atoms with Crippen molar-refractivity contribution < 1.29 is 14.3 Å². The van der Waals surface area contributed by atoms with Gasteiger partial charge in [0.2, 0.25) is 5.82 Å². The van der Waals surface area contributed by atoms with Crippen LogP contribution >= 0.6 is 0 Å². The number of nitrogens with zero attached hydrogens (tertiary/aromatic N) is 3. The Morgan fingerprint density at radius 2 is 1.96 bits per heavy atom. The van der Waals surface area contributed by atoms with E-state index >= 15 is 0 Å². The molecule has 7 heteroatoms. The molecule has 2 rings (SSSR count). The van der Waals surface area contributed by atoms with E-state index in [1.807, 2.05) is 26.0 Å². The molecule has 0 atom stereocenters. The molecule has 2 heterocycles. The number of fused-ring (bicyclic) bond motifs is 1. The Morgan fingerprint density at radius 1 is 1.24 bits per heavy atom. The van der Waals surface area contributed by atoms with Crippen molar-refractivity contribution in [2.45, 2.75) is 26.7 Å². The van der Waals surface area contributed by atoms with Crippen LogP contribution in [0.15, 0.2) is 24.4 Å². The van der Waals surface area contributed by atoms with E-state index in [0.717, 1.165) is 12.8 Å². The molecule has 0 radical (unpaired) electrons. The summed E-state index contributed by atoms with van der Waals surface area (Å²) in [6.07, 6.45) is 3.51. The van der Waals surface area contributed by atoms with Crippen molar-refractivity contribution in [3.63, 3.8) is 0 Å². The lowest BCUT2D eigenvalue weighted by molar-refractivity contribution is 0.0742. The highest BCUT2D eigenvalue weighted by molar-refractivity contribution is 6.02. The molecule has 2 amide bonds. The standard InChI is InChI=1S/C18H26N4O3/c1-4-10-21(11-5-2)18(24)16-20-15(17(23)19-9-13-25-3)14-8-6-7-12-22(14)16/h6-8,12H,4-5,9-11,13H2,1-3H3,(H,19,23). The fourth-order valence-electron chi connectivity index (χ4n) is 2.70. The van der Waals surface area contributed by atoms with E-state index in [1.54, 1.807) is 28.7 Å². The van der Waals surface area contributed by atoms with Crippen LogP contribution < -0.4 is 5.32 Å². The fourth-order valence-corrected chi connectivity index (χ4v) is 2.70. The zero-order chi connectivity index (χ0) is 18.2. The highest BCUT2D eigenvalue weighted by atomic mass is 16.5. The first-order valence-corrected chi connectivity index (χ1v) is 8.67. The molecule has 0 spiro atoms. The fraction of sp³-hybridized carbons (Fsp3) is 0.500. The predicted molar refractivity (Wildman–Crippen MR) is 95.9 cm³/mol. The van der Waals surface area contributed by atoms with Gasteiger partial charge in [0.05, 0.1) is 12.1 Å². The minimum absolute atomic E-state index is 0.152. The number of rotatable bonds is 9. The normalized spacial score (nSPS) is 10.8. The Bertz CT molecular complexity index is 720. The Balaban J connectivity index is 2.37. The maximum atomic E-state index is 12.9. The van der Waals surface area contributed by atoms with Crippen LogP contribution in [0.2, 0.25) is 0 Å². The lowest BCUT2D eigenvalue weighted by Gasteiger charge is -2.20. The zero-order valence-corrected chi connectivity index (χ0v) is 15.1. The van der Waals surface area contributed by atoms with Crippen LogP contribution in [-0.4, -0.2) is 59.4 Å². The van der Waals surface area contributed by atoms with Gasteiger partial charge in [-0.2, -0.15) is 0 Å². The van der Waals surface area contributed by atoms with Gasteiger partial charge in [0.15, 0.2) is 5.69 Å². The lowest BCUT2D eigenvalue weighted by atomic mass is 10.3. The van der Waals surface area contributed by atoms with Gasteiger partial charge in [-0.25, -0.2) is 4.98 Å². The van der Waals surface area contributed by atoms with Crippen LogP contribution in [0.1, 0.15) is 47.8 Å². The molecule has 0 aliphatic carbocycles. The van der Waals surface area contributed by atoms with Gasteiger partial charge in [-0.1, -0.05) is 19.9 Å². The van der Waals surface area contributed by atoms with Gasteiger partial charge in [-0.3, -0.25) is 14.0 Å². The smallest absolute Gasteiger partial charge is 0.290 e. The molecule has 2 aromatic heterocycles. The quantitative estimate of drug-likeness (QED) is 0.705. The molecule has 0 aromatic carbocycles. The Morgan fingerprint density at radius 3 is 2.60 bits per heavy atom. The number of carbonyl (C=O) groups excluding carboxylic acids is 2. The van der Waals surface area contributed by atoms with Crippen molar-refractivity contribution in [2.75, 3.05) is 33.4 Å². The van der Waals surface area contributed by atoms with Crippen molar-refractivity contribution in [3.8, 4) is 0 Å². The number of methoxy groups -OCH3 is 1. The second-order valence-electron chi connectivity index (χ2n) is 5.78. The second kappa shape index (κ2) is 9.17. The summed E-state index contributed by atoms with van der Waals surface area (Å²) < 4.78 is 6.63. The minimum atomic E-state index is -0.308. The summed E-state index contributed by atoms with van der Waals surface area (Å²) >= 11 is 0. The summed E-state index contributed by atoms with van der Waals surface area (Å²) in [6, 6.07) is 5.44. The molecule has 0 bridgehead atoms. The van der Waals surface area contributed by atoms with Gasteiger partial charge < -0.3 is 15.0 Å². The highest BCUT2D eigenvalue weighted by Crippen LogP contribution is 2.15. The van der Waals surface area contributed by atoms with Crippen LogP contribution in [0, 0.1) is 0 Å². The van der Waals surface area contributed by atoms with Gasteiger partial charge in [-0.05, 0) is 25.0 Å². The summed E-state index contributed by atoms with van der Waals surface area (Å²) in [6.45, 7) is 6.22. The van der Waals surface area contributed by atoms with Crippen LogP contribution in [0.4, 0.5) is 0 Å². The van der Waals surface area contributed by atoms with E-state index in [2.05, 4.69) is 10.3 Å². The van der Waals surface area contributed by atoms with E-state index in [0.29, 0.717) is 31.8 Å². The first-order chi connectivity index (χ1) is 12.1. The number of aromatic nitrogens is 2. The topological polar surface area (TPSA) is 75.9 Å². The Labute approximate surface area is 148 Å². The monoisotopic (exact) mass is 346 g/mol. The molecule has 0 saturated heterocycles. The molecule has 136 valence electrons. The number of carbonyl (C=O) groups is 2. The molecule has 1 N–H and O–H groups in total. The lowest BCUT2D eigenvalue weighted by Crippen LogP contribution is -2.34. The number of hydrogen-bond donors (Lipinski definition) is 1. The number of hydrogen-bond acceptors (Lipinski definition) is 4. The third-order valence-corrected chi connectivity index (χ3v) is 3.82. The summed E-state index contributed by atoms with van der Waals surface area (Å²) in [5, 5.41) is 2.76. The minimum Gasteiger partial charge on any atom is -0.383 e. The third-order valence-electron chi connectivity index (χ3n) is 3.82. The zero-order valence-electron chi connectivity index (χ0n) is 15.1. The summed E-state index contributed by atoms with van der Waals surface area (Å²) in [5.74, 6) is -0.187. The molecule has 0 unspecified atom stereocenters. The van der Waals surface area contributed by atoms with Crippen molar-refractivity contribution in [1.82, 2.24) is 19.6 Å². The first kappa shape index (κ1) is 18.9. The molecule has 2 aromatic rings. The molecule has 0 saturated carbocycles. The molecular weight excluding hydrogens is 320 g/mol. The van der Waals surface area contributed by atoms with E-state index in [-0.39, 0.29) is 23.3 Å². The van der Waals surface area contributed by atoms with Crippen LogP contribution in [-0.2, 0) is 4.74 Å². The Kier molecular flexibility index (Phi) is 6.94. The second-order valence-corrected chi connectivity index (χ2v) is 5.78. The van der Waals surface area contributed by atoms with Crippen LogP contribution in [0.25, 0.3) is 5.52 Å². The van der Waals surface area contributed by atoms with Crippen LogP contribution in [0.5, 0.6) is 0 Å². The van der Waals surface area contributed by atoms with Crippen molar-refractivity contribution >= 4 is 17.3 Å². The maximum absolute atomic E-state index is 12.9. The molecule has 7 nitrogen and oxygen atoms in total. The van der Waals surface area contributed by atoms with Crippen molar-refractivity contribution in [1.29, 1.82) is 0 Å². The number of nitrogens with one attached hydrogen (secondary N) is 1. The first-order valence-electron chi connectivity index (χ1n) is 8.67. The maximum Gasteiger partial charge on any atom is 0.290 e. The third kappa shape index (κ3) is 4.36. The summed E-state index contributed by atoms with van der Waals surface area (Å²) in [7, 11) is 1.57. The van der Waals surface area contributed by atoms with Gasteiger partial charge in [0.1, 0.15) is 0 Å². The molecule has 0 aliphatic rings. The van der Waals surface area contributed by atoms with Gasteiger partial charge in [0.25, 0.3) is 11.8 Å². The Hall–Kier alpha value is -2.41. The number of amides is 2. The number of pyridine rings is 1. The summed E-state index contributed by atoms with van der Waals surface area (Å²) in [4.78, 5) is 31.5. The SMILES string of the molecule is CCCN(CCC)C(=O)c1nc(C(=O)NCCOC)c2ccccn12. The summed E-state index contributed by atoms with van der Waals surface area (Å²) in [5.41, 5.74) is 0.877. The average molecular weight is 346 g/mol. The largest absolute Gasteiger partial charge is 0.383 e. The van der Waals surface area contributed by atoms with E-state index in [9.17, 15) is 9.59 Å². The number of ether oxygens (including phenoxy) is 1. The van der Waals surface area contributed by atoms with Gasteiger partial charge >= 0.3 is 0 Å². The van der Waals surface area contributed by atoms with Crippen LogP contribution in [0.3, 0.4) is 0 Å². The van der Waals surface area contributed by atoms with Gasteiger partial charge in [-0.15, -0.1) is 0 Å². The molecule has 0 aliphatic heterocycles. The molecule has 25 heavy (non-hydrogen) atoms. The van der Waals surface area contributed by atoms with Gasteiger partial charge in [0, 0.05) is 32.9 Å². The van der Waals surface area contributed by atoms with E-state index < -0.39 is 0 Å². The number of imidazole rings is 1. The predicted octanol–water partition coefficient (Wildman–Crippen LogP) is 1.97. The molecular formula is C18H26N4O3. The highest BCUT2D eigenvalue weighted by Gasteiger charge is 2.24. The van der Waals surface area contributed by atoms with Crippen molar-refractivity contribution in [2.24, 2.45) is 0 Å². The average Bonchev–Trinajstić information content (AvgIpc) is 3.01. The molecule has 0 fully saturated rings. The van der Waals surface area contributed by atoms with Crippen molar-refractivity contribution in [3.05, 3.63) is 35.9 Å². The van der Waals surface area contributed by atoms with E-state index in [1.165, 1.54) is 0 Å². The van der Waals surface area contributed by atoms with E-state index in [4.69, 9.17) is 4.74 Å².